The van der Waals surface area contributed by atoms with Gasteiger partial charge in [-0.05, 0) is 42.8 Å². The minimum Gasteiger partial charge on any atom is -0.441 e. The SMILES string of the molecule is Cc1cccnc1NC(=O)CCc1ncc(-c2ccc(Cl)cc2)o1. The number of hydrogen-bond acceptors (Lipinski definition) is 4. The monoisotopic (exact) mass is 341 g/mol. The lowest BCUT2D eigenvalue weighted by Crippen LogP contribution is -2.14. The molecule has 0 aliphatic carbocycles. The van der Waals surface area contributed by atoms with Crippen LogP contribution in [0.4, 0.5) is 5.82 Å². The first kappa shape index (κ1) is 16.2. The molecule has 1 N–H and O–H groups in total. The van der Waals surface area contributed by atoms with E-state index in [2.05, 4.69) is 15.3 Å². The van der Waals surface area contributed by atoms with E-state index in [-0.39, 0.29) is 12.3 Å². The van der Waals surface area contributed by atoms with Crippen molar-refractivity contribution in [2.45, 2.75) is 19.8 Å². The van der Waals surface area contributed by atoms with Crippen molar-refractivity contribution in [3.05, 3.63) is 65.3 Å². The Morgan fingerprint density at radius 1 is 1.21 bits per heavy atom. The molecule has 1 amide bonds. The first-order valence-electron chi connectivity index (χ1n) is 7.54. The van der Waals surface area contributed by atoms with Crippen LogP contribution in [0.3, 0.4) is 0 Å². The van der Waals surface area contributed by atoms with Gasteiger partial charge in [-0.25, -0.2) is 9.97 Å². The Morgan fingerprint density at radius 3 is 2.75 bits per heavy atom. The largest absolute Gasteiger partial charge is 0.441 e. The minimum absolute atomic E-state index is 0.122. The van der Waals surface area contributed by atoms with E-state index in [0.717, 1.165) is 11.1 Å². The molecule has 0 fully saturated rings. The summed E-state index contributed by atoms with van der Waals surface area (Å²) in [6.45, 7) is 1.90. The molecule has 2 heterocycles. The molecule has 0 aliphatic heterocycles. The molecule has 3 aromatic rings. The number of carbonyl (C=O) groups is 1. The molecule has 24 heavy (non-hydrogen) atoms. The highest BCUT2D eigenvalue weighted by molar-refractivity contribution is 6.30. The number of rotatable bonds is 5. The molecule has 0 radical (unpaired) electrons. The summed E-state index contributed by atoms with van der Waals surface area (Å²) in [6.07, 6.45) is 4.00. The third-order valence-corrected chi connectivity index (χ3v) is 3.77. The topological polar surface area (TPSA) is 68.0 Å². The van der Waals surface area contributed by atoms with Gasteiger partial charge in [-0.2, -0.15) is 0 Å². The minimum atomic E-state index is -0.122. The molecule has 2 aromatic heterocycles. The second-order valence-corrected chi connectivity index (χ2v) is 5.78. The number of carbonyl (C=O) groups excluding carboxylic acids is 1. The number of halogens is 1. The molecule has 0 unspecified atom stereocenters. The highest BCUT2D eigenvalue weighted by Gasteiger charge is 2.10. The van der Waals surface area contributed by atoms with Gasteiger partial charge in [0.2, 0.25) is 5.91 Å². The van der Waals surface area contributed by atoms with Crippen LogP contribution in [0, 0.1) is 6.92 Å². The molecule has 5 nitrogen and oxygen atoms in total. The second-order valence-electron chi connectivity index (χ2n) is 5.34. The molecule has 0 spiro atoms. The summed E-state index contributed by atoms with van der Waals surface area (Å²) >= 11 is 5.87. The Morgan fingerprint density at radius 2 is 2.00 bits per heavy atom. The zero-order valence-corrected chi connectivity index (χ0v) is 13.9. The maximum absolute atomic E-state index is 12.0. The summed E-state index contributed by atoms with van der Waals surface area (Å²) in [4.78, 5) is 20.4. The lowest BCUT2D eigenvalue weighted by Gasteiger charge is -2.05. The van der Waals surface area contributed by atoms with Gasteiger partial charge in [0.25, 0.3) is 0 Å². The average molecular weight is 342 g/mol. The van der Waals surface area contributed by atoms with E-state index in [1.165, 1.54) is 0 Å². The number of amides is 1. The summed E-state index contributed by atoms with van der Waals surface area (Å²) in [7, 11) is 0. The molecular formula is C18H16ClN3O2. The van der Waals surface area contributed by atoms with E-state index < -0.39 is 0 Å². The van der Waals surface area contributed by atoms with Crippen LogP contribution in [0.25, 0.3) is 11.3 Å². The highest BCUT2D eigenvalue weighted by atomic mass is 35.5. The fraction of sp³-hybridized carbons (Fsp3) is 0.167. The van der Waals surface area contributed by atoms with Crippen molar-refractivity contribution in [1.29, 1.82) is 0 Å². The van der Waals surface area contributed by atoms with Crippen molar-refractivity contribution in [3.63, 3.8) is 0 Å². The van der Waals surface area contributed by atoms with E-state index in [0.29, 0.717) is 28.9 Å². The number of pyridine rings is 1. The van der Waals surface area contributed by atoms with E-state index in [1.807, 2.05) is 31.2 Å². The zero-order chi connectivity index (χ0) is 16.9. The maximum Gasteiger partial charge on any atom is 0.226 e. The number of aryl methyl sites for hydroxylation is 2. The van der Waals surface area contributed by atoms with Gasteiger partial charge in [-0.1, -0.05) is 17.7 Å². The number of hydrogen-bond donors (Lipinski definition) is 1. The number of nitrogens with one attached hydrogen (secondary N) is 1. The van der Waals surface area contributed by atoms with Crippen molar-refractivity contribution >= 4 is 23.3 Å². The fourth-order valence-electron chi connectivity index (χ4n) is 2.21. The highest BCUT2D eigenvalue weighted by Crippen LogP contribution is 2.22. The Labute approximate surface area is 144 Å². The van der Waals surface area contributed by atoms with Gasteiger partial charge in [-0.3, -0.25) is 4.79 Å². The Bertz CT molecular complexity index is 843. The van der Waals surface area contributed by atoms with Gasteiger partial charge in [0.15, 0.2) is 11.7 Å². The normalized spacial score (nSPS) is 10.6. The van der Waals surface area contributed by atoms with Crippen LogP contribution in [-0.4, -0.2) is 15.9 Å². The summed E-state index contributed by atoms with van der Waals surface area (Å²) in [5.41, 5.74) is 1.82. The van der Waals surface area contributed by atoms with Gasteiger partial charge >= 0.3 is 0 Å². The summed E-state index contributed by atoms with van der Waals surface area (Å²) < 4.78 is 5.68. The molecular weight excluding hydrogens is 326 g/mol. The van der Waals surface area contributed by atoms with Crippen molar-refractivity contribution < 1.29 is 9.21 Å². The number of nitrogens with zero attached hydrogens (tertiary/aromatic N) is 2. The second kappa shape index (κ2) is 7.27. The van der Waals surface area contributed by atoms with E-state index in [4.69, 9.17) is 16.0 Å². The number of anilines is 1. The summed E-state index contributed by atoms with van der Waals surface area (Å²) in [5.74, 6) is 1.63. The Balaban J connectivity index is 1.58. The van der Waals surface area contributed by atoms with Gasteiger partial charge in [0.05, 0.1) is 6.20 Å². The molecule has 122 valence electrons. The first-order valence-corrected chi connectivity index (χ1v) is 7.92. The Kier molecular flexibility index (Phi) is 4.91. The molecule has 6 heteroatoms. The predicted molar refractivity (Wildman–Crippen MR) is 92.9 cm³/mol. The number of benzene rings is 1. The average Bonchev–Trinajstić information content (AvgIpc) is 3.05. The van der Waals surface area contributed by atoms with Crippen LogP contribution < -0.4 is 5.32 Å². The van der Waals surface area contributed by atoms with Crippen LogP contribution in [-0.2, 0) is 11.2 Å². The standard InChI is InChI=1S/C18H16ClN3O2/c1-12-3-2-10-20-18(12)22-16(23)8-9-17-21-11-15(24-17)13-4-6-14(19)7-5-13/h2-7,10-11H,8-9H2,1H3,(H,20,22,23). The van der Waals surface area contributed by atoms with Crippen molar-refractivity contribution in [3.8, 4) is 11.3 Å². The van der Waals surface area contributed by atoms with Crippen LogP contribution in [0.15, 0.2) is 53.2 Å². The van der Waals surface area contributed by atoms with Crippen molar-refractivity contribution in [2.24, 2.45) is 0 Å². The molecule has 3 rings (SSSR count). The summed E-state index contributed by atoms with van der Waals surface area (Å²) in [6, 6.07) is 11.0. The lowest BCUT2D eigenvalue weighted by molar-refractivity contribution is -0.116. The van der Waals surface area contributed by atoms with Crippen LogP contribution in [0.2, 0.25) is 5.02 Å². The predicted octanol–water partition coefficient (Wildman–Crippen LogP) is 4.27. The van der Waals surface area contributed by atoms with Crippen LogP contribution in [0.5, 0.6) is 0 Å². The summed E-state index contributed by atoms with van der Waals surface area (Å²) in [5, 5.41) is 3.46. The van der Waals surface area contributed by atoms with Gasteiger partial charge in [-0.15, -0.1) is 0 Å². The molecule has 0 saturated carbocycles. The molecule has 0 bridgehead atoms. The van der Waals surface area contributed by atoms with Crippen molar-refractivity contribution in [2.75, 3.05) is 5.32 Å². The van der Waals surface area contributed by atoms with E-state index in [1.54, 1.807) is 24.5 Å². The molecule has 0 aliphatic rings. The van der Waals surface area contributed by atoms with Gasteiger partial charge in [0.1, 0.15) is 5.82 Å². The fourth-order valence-corrected chi connectivity index (χ4v) is 2.33. The number of oxazole rings is 1. The molecule has 0 saturated heterocycles. The molecule has 0 atom stereocenters. The zero-order valence-electron chi connectivity index (χ0n) is 13.1. The smallest absolute Gasteiger partial charge is 0.226 e. The van der Waals surface area contributed by atoms with E-state index in [9.17, 15) is 4.79 Å². The van der Waals surface area contributed by atoms with Gasteiger partial charge < -0.3 is 9.73 Å². The lowest BCUT2D eigenvalue weighted by atomic mass is 10.2. The third-order valence-electron chi connectivity index (χ3n) is 3.52. The van der Waals surface area contributed by atoms with Crippen LogP contribution in [0.1, 0.15) is 17.9 Å². The van der Waals surface area contributed by atoms with Crippen molar-refractivity contribution in [1.82, 2.24) is 9.97 Å². The third kappa shape index (κ3) is 4.00. The Hall–Kier alpha value is -2.66. The first-order chi connectivity index (χ1) is 11.6. The van der Waals surface area contributed by atoms with Crippen LogP contribution >= 0.6 is 11.6 Å². The quantitative estimate of drug-likeness (QED) is 0.752. The molecule has 1 aromatic carbocycles. The maximum atomic E-state index is 12.0. The van der Waals surface area contributed by atoms with E-state index >= 15 is 0 Å². The van der Waals surface area contributed by atoms with Gasteiger partial charge in [0, 0.05) is 29.6 Å². The number of aromatic nitrogens is 2.